The molecule has 0 bridgehead atoms. The van der Waals surface area contributed by atoms with Crippen LogP contribution >= 0.6 is 11.6 Å². The maximum atomic E-state index is 12.1. The predicted octanol–water partition coefficient (Wildman–Crippen LogP) is 4.64. The van der Waals surface area contributed by atoms with E-state index in [0.717, 1.165) is 5.56 Å². The first-order valence-corrected chi connectivity index (χ1v) is 5.10. The zero-order valence-electron chi connectivity index (χ0n) is 8.85. The van der Waals surface area contributed by atoms with Crippen molar-refractivity contribution in [2.24, 2.45) is 4.99 Å². The van der Waals surface area contributed by atoms with Gasteiger partial charge in [0.05, 0.1) is 5.69 Å². The zero-order valence-corrected chi connectivity index (χ0v) is 9.60. The first kappa shape index (κ1) is 13.0. The molecule has 0 amide bonds. The van der Waals surface area contributed by atoms with Gasteiger partial charge in [-0.15, -0.1) is 0 Å². The number of hydrogen-bond donors (Lipinski definition) is 0. The van der Waals surface area contributed by atoms with Crippen molar-refractivity contribution < 1.29 is 13.2 Å². The fourth-order valence-corrected chi connectivity index (χ4v) is 1.21. The summed E-state index contributed by atoms with van der Waals surface area (Å²) in [6.45, 7) is 4.00. The lowest BCUT2D eigenvalue weighted by Gasteiger charge is -2.06. The number of alkyl halides is 3. The van der Waals surface area contributed by atoms with Gasteiger partial charge in [0.15, 0.2) is 0 Å². The van der Waals surface area contributed by atoms with Gasteiger partial charge in [0.2, 0.25) is 5.17 Å². The van der Waals surface area contributed by atoms with Gasteiger partial charge in [-0.2, -0.15) is 13.2 Å². The van der Waals surface area contributed by atoms with E-state index in [-0.39, 0.29) is 5.69 Å². The molecule has 0 saturated carbocycles. The van der Waals surface area contributed by atoms with Crippen molar-refractivity contribution in [3.05, 3.63) is 29.8 Å². The Kier molecular flexibility index (Phi) is 3.97. The van der Waals surface area contributed by atoms with Gasteiger partial charge in [0.25, 0.3) is 0 Å². The molecular formula is C11H11ClF3N. The molecule has 0 aliphatic rings. The third kappa shape index (κ3) is 3.52. The van der Waals surface area contributed by atoms with Crippen LogP contribution in [0.4, 0.5) is 18.9 Å². The standard InChI is InChI=1S/C11H11ClF3N/c1-7(2)8-3-5-9(6-4-8)16-10(12)11(13,14)15/h3-7H,1-2H3/b16-10+. The number of halogens is 4. The number of benzene rings is 1. The predicted molar refractivity (Wildman–Crippen MR) is 59.5 cm³/mol. The number of nitrogens with zero attached hydrogens (tertiary/aromatic N) is 1. The van der Waals surface area contributed by atoms with Gasteiger partial charge in [0, 0.05) is 0 Å². The average Bonchev–Trinajstić information content (AvgIpc) is 2.17. The van der Waals surface area contributed by atoms with Crippen LogP contribution in [0.5, 0.6) is 0 Å². The summed E-state index contributed by atoms with van der Waals surface area (Å²) >= 11 is 5.02. The largest absolute Gasteiger partial charge is 0.444 e. The summed E-state index contributed by atoms with van der Waals surface area (Å²) in [7, 11) is 0. The minimum Gasteiger partial charge on any atom is -0.232 e. The third-order valence-electron chi connectivity index (χ3n) is 2.02. The Balaban J connectivity index is 2.92. The molecule has 16 heavy (non-hydrogen) atoms. The summed E-state index contributed by atoms with van der Waals surface area (Å²) in [5.74, 6) is 0.330. The Morgan fingerprint density at radius 2 is 1.69 bits per heavy atom. The van der Waals surface area contributed by atoms with Crippen molar-refractivity contribution >= 4 is 22.5 Å². The molecule has 1 rings (SSSR count). The van der Waals surface area contributed by atoms with Crippen LogP contribution < -0.4 is 0 Å². The van der Waals surface area contributed by atoms with Crippen LogP contribution in [0.1, 0.15) is 25.3 Å². The van der Waals surface area contributed by atoms with Crippen molar-refractivity contribution in [3.8, 4) is 0 Å². The molecule has 0 saturated heterocycles. The van der Waals surface area contributed by atoms with Crippen molar-refractivity contribution in [3.63, 3.8) is 0 Å². The van der Waals surface area contributed by atoms with E-state index in [1.165, 1.54) is 12.1 Å². The Labute approximate surface area is 97.0 Å². The SMILES string of the molecule is CC(C)c1ccc(/N=C(/Cl)C(F)(F)F)cc1. The van der Waals surface area contributed by atoms with Crippen LogP contribution in [0.3, 0.4) is 0 Å². The van der Waals surface area contributed by atoms with Gasteiger partial charge in [-0.05, 0) is 23.6 Å². The maximum Gasteiger partial charge on any atom is 0.444 e. The number of rotatable bonds is 2. The van der Waals surface area contributed by atoms with Gasteiger partial charge < -0.3 is 0 Å². The van der Waals surface area contributed by atoms with Crippen LogP contribution in [0.15, 0.2) is 29.3 Å². The van der Waals surface area contributed by atoms with Gasteiger partial charge in [0.1, 0.15) is 0 Å². The molecule has 0 N–H and O–H groups in total. The summed E-state index contributed by atoms with van der Waals surface area (Å²) in [5.41, 5.74) is 1.24. The van der Waals surface area contributed by atoms with E-state index in [0.29, 0.717) is 5.92 Å². The lowest BCUT2D eigenvalue weighted by Crippen LogP contribution is -2.16. The summed E-state index contributed by atoms with van der Waals surface area (Å²) in [4.78, 5) is 3.29. The first-order chi connectivity index (χ1) is 7.30. The fourth-order valence-electron chi connectivity index (χ4n) is 1.11. The second-order valence-corrected chi connectivity index (χ2v) is 4.00. The highest BCUT2D eigenvalue weighted by molar-refractivity contribution is 6.67. The molecule has 0 atom stereocenters. The lowest BCUT2D eigenvalue weighted by molar-refractivity contribution is -0.0558. The summed E-state index contributed by atoms with van der Waals surface area (Å²) in [6, 6.07) is 6.51. The topological polar surface area (TPSA) is 12.4 Å². The molecule has 88 valence electrons. The average molecular weight is 250 g/mol. The van der Waals surface area contributed by atoms with Crippen LogP contribution in [-0.2, 0) is 0 Å². The molecule has 0 spiro atoms. The van der Waals surface area contributed by atoms with Crippen molar-refractivity contribution in [2.75, 3.05) is 0 Å². The molecule has 0 aromatic heterocycles. The van der Waals surface area contributed by atoms with E-state index in [9.17, 15) is 13.2 Å². The normalized spacial score (nSPS) is 13.3. The van der Waals surface area contributed by atoms with E-state index in [1.807, 2.05) is 13.8 Å². The first-order valence-electron chi connectivity index (χ1n) is 4.72. The van der Waals surface area contributed by atoms with E-state index < -0.39 is 11.3 Å². The number of hydrogen-bond acceptors (Lipinski definition) is 1. The molecule has 1 aromatic carbocycles. The van der Waals surface area contributed by atoms with Crippen LogP contribution in [-0.4, -0.2) is 11.3 Å². The fraction of sp³-hybridized carbons (Fsp3) is 0.364. The van der Waals surface area contributed by atoms with E-state index in [2.05, 4.69) is 4.99 Å². The van der Waals surface area contributed by atoms with Crippen molar-refractivity contribution in [1.29, 1.82) is 0 Å². The van der Waals surface area contributed by atoms with Crippen LogP contribution in [0, 0.1) is 0 Å². The Hall–Kier alpha value is -1.03. The summed E-state index contributed by atoms with van der Waals surface area (Å²) in [6.07, 6.45) is -4.59. The summed E-state index contributed by atoms with van der Waals surface area (Å²) < 4.78 is 36.2. The third-order valence-corrected chi connectivity index (χ3v) is 2.32. The summed E-state index contributed by atoms with van der Waals surface area (Å²) in [5, 5.41) is -1.36. The van der Waals surface area contributed by atoms with E-state index >= 15 is 0 Å². The molecule has 0 aliphatic carbocycles. The minimum atomic E-state index is -4.59. The molecule has 0 radical (unpaired) electrons. The van der Waals surface area contributed by atoms with Gasteiger partial charge in [-0.3, -0.25) is 0 Å². The van der Waals surface area contributed by atoms with Crippen LogP contribution in [0.25, 0.3) is 0 Å². The molecule has 0 unspecified atom stereocenters. The molecular weight excluding hydrogens is 239 g/mol. The highest BCUT2D eigenvalue weighted by Gasteiger charge is 2.34. The van der Waals surface area contributed by atoms with Gasteiger partial charge in [-0.1, -0.05) is 37.6 Å². The maximum absolute atomic E-state index is 12.1. The number of aliphatic imine (C=N–C) groups is 1. The molecule has 0 fully saturated rings. The Morgan fingerprint density at radius 1 is 1.19 bits per heavy atom. The second-order valence-electron chi connectivity index (χ2n) is 3.65. The second kappa shape index (κ2) is 4.87. The van der Waals surface area contributed by atoms with Crippen LogP contribution in [0.2, 0.25) is 0 Å². The minimum absolute atomic E-state index is 0.201. The quantitative estimate of drug-likeness (QED) is 0.677. The van der Waals surface area contributed by atoms with Crippen molar-refractivity contribution in [1.82, 2.24) is 0 Å². The van der Waals surface area contributed by atoms with Gasteiger partial charge in [-0.25, -0.2) is 4.99 Å². The highest BCUT2D eigenvalue weighted by Crippen LogP contribution is 2.25. The molecule has 0 aliphatic heterocycles. The molecule has 5 heteroatoms. The molecule has 1 aromatic rings. The monoisotopic (exact) mass is 249 g/mol. The van der Waals surface area contributed by atoms with Gasteiger partial charge >= 0.3 is 6.18 Å². The zero-order chi connectivity index (χ0) is 12.3. The highest BCUT2D eigenvalue weighted by atomic mass is 35.5. The Bertz CT molecular complexity index is 379. The van der Waals surface area contributed by atoms with Crippen molar-refractivity contribution in [2.45, 2.75) is 25.9 Å². The van der Waals surface area contributed by atoms with E-state index in [1.54, 1.807) is 12.1 Å². The lowest BCUT2D eigenvalue weighted by atomic mass is 10.0. The van der Waals surface area contributed by atoms with E-state index in [4.69, 9.17) is 11.6 Å². The molecule has 1 nitrogen and oxygen atoms in total. The Morgan fingerprint density at radius 3 is 2.06 bits per heavy atom. The smallest absolute Gasteiger partial charge is 0.232 e. The molecule has 0 heterocycles.